The van der Waals surface area contributed by atoms with Gasteiger partial charge in [0.2, 0.25) is 5.91 Å². The van der Waals surface area contributed by atoms with Crippen LogP contribution in [0.2, 0.25) is 0 Å². The Morgan fingerprint density at radius 1 is 1.19 bits per heavy atom. The van der Waals surface area contributed by atoms with E-state index in [1.165, 1.54) is 4.90 Å². The Hall–Kier alpha value is -1.06. The number of amides is 1. The Labute approximate surface area is 98.0 Å². The van der Waals surface area contributed by atoms with Gasteiger partial charge in [0.05, 0.1) is 0 Å². The maximum atomic E-state index is 11.5. The average molecular weight is 229 g/mol. The fourth-order valence-corrected chi connectivity index (χ4v) is 1.22. The number of hydrogen-bond donors (Lipinski definition) is 0. The first kappa shape index (κ1) is 14.9. The quantitative estimate of drug-likeness (QED) is 0.691. The van der Waals surface area contributed by atoms with Crippen LogP contribution in [0.3, 0.4) is 0 Å². The number of nitrogens with zero attached hydrogens (tertiary/aromatic N) is 1. The smallest absolute Gasteiger partial charge is 0.306 e. The van der Waals surface area contributed by atoms with E-state index >= 15 is 0 Å². The predicted octanol–water partition coefficient (Wildman–Crippen LogP) is 1.83. The molecule has 0 aromatic carbocycles. The Morgan fingerprint density at radius 3 is 2.06 bits per heavy atom. The largest absolute Gasteiger partial charge is 0.460 e. The van der Waals surface area contributed by atoms with E-state index in [0.29, 0.717) is 6.42 Å². The molecule has 0 aliphatic rings. The SMILES string of the molecule is C[C@@H](CC(=O)OC(C)(C)C)CC(=O)N(C)C. The van der Waals surface area contributed by atoms with Crippen LogP contribution >= 0.6 is 0 Å². The van der Waals surface area contributed by atoms with Crippen molar-refractivity contribution >= 4 is 11.9 Å². The summed E-state index contributed by atoms with van der Waals surface area (Å²) >= 11 is 0. The summed E-state index contributed by atoms with van der Waals surface area (Å²) in [4.78, 5) is 24.4. The van der Waals surface area contributed by atoms with Crippen LogP contribution in [0.15, 0.2) is 0 Å². The monoisotopic (exact) mass is 229 g/mol. The highest BCUT2D eigenvalue weighted by Gasteiger charge is 2.20. The van der Waals surface area contributed by atoms with Crippen LogP contribution in [-0.2, 0) is 14.3 Å². The van der Waals surface area contributed by atoms with Crippen LogP contribution in [0.1, 0.15) is 40.5 Å². The third kappa shape index (κ3) is 7.26. The Bertz CT molecular complexity index is 253. The molecule has 4 nitrogen and oxygen atoms in total. The van der Waals surface area contributed by atoms with Crippen LogP contribution in [0.25, 0.3) is 0 Å². The van der Waals surface area contributed by atoms with Gasteiger partial charge in [-0.15, -0.1) is 0 Å². The molecule has 0 rings (SSSR count). The van der Waals surface area contributed by atoms with Gasteiger partial charge in [0.25, 0.3) is 0 Å². The first-order valence-corrected chi connectivity index (χ1v) is 5.54. The van der Waals surface area contributed by atoms with Gasteiger partial charge in [-0.25, -0.2) is 0 Å². The third-order valence-corrected chi connectivity index (χ3v) is 1.96. The Balaban J connectivity index is 4.01. The standard InChI is InChI=1S/C12H23NO3/c1-9(7-10(14)13(5)6)8-11(15)16-12(2,3)4/h9H,7-8H2,1-6H3/t9-/m1/s1. The van der Waals surface area contributed by atoms with Gasteiger partial charge in [-0.2, -0.15) is 0 Å². The number of hydrogen-bond acceptors (Lipinski definition) is 3. The van der Waals surface area contributed by atoms with Crippen molar-refractivity contribution in [3.63, 3.8) is 0 Å². The first-order chi connectivity index (χ1) is 7.11. The van der Waals surface area contributed by atoms with E-state index in [1.807, 2.05) is 27.7 Å². The molecular weight excluding hydrogens is 206 g/mol. The lowest BCUT2D eigenvalue weighted by atomic mass is 10.0. The van der Waals surface area contributed by atoms with Gasteiger partial charge >= 0.3 is 5.97 Å². The molecule has 0 aromatic heterocycles. The molecule has 0 saturated heterocycles. The summed E-state index contributed by atoms with van der Waals surface area (Å²) < 4.78 is 5.19. The molecule has 0 radical (unpaired) electrons. The second-order valence-electron chi connectivity index (χ2n) is 5.39. The maximum Gasteiger partial charge on any atom is 0.306 e. The van der Waals surface area contributed by atoms with Gasteiger partial charge in [-0.05, 0) is 26.7 Å². The summed E-state index contributed by atoms with van der Waals surface area (Å²) in [7, 11) is 3.42. The van der Waals surface area contributed by atoms with Crippen molar-refractivity contribution in [1.29, 1.82) is 0 Å². The summed E-state index contributed by atoms with van der Waals surface area (Å²) in [6, 6.07) is 0. The van der Waals surface area contributed by atoms with Crippen LogP contribution in [0.4, 0.5) is 0 Å². The fraction of sp³-hybridized carbons (Fsp3) is 0.833. The van der Waals surface area contributed by atoms with Crippen molar-refractivity contribution < 1.29 is 14.3 Å². The molecule has 16 heavy (non-hydrogen) atoms. The molecule has 0 unspecified atom stereocenters. The van der Waals surface area contributed by atoms with Crippen molar-refractivity contribution in [2.45, 2.75) is 46.1 Å². The summed E-state index contributed by atoms with van der Waals surface area (Å²) in [5.41, 5.74) is -0.456. The summed E-state index contributed by atoms with van der Waals surface area (Å²) in [5.74, 6) is -0.188. The molecule has 94 valence electrons. The molecule has 4 heteroatoms. The predicted molar refractivity (Wildman–Crippen MR) is 62.9 cm³/mol. The molecule has 0 aliphatic heterocycles. The topological polar surface area (TPSA) is 46.6 Å². The van der Waals surface area contributed by atoms with Crippen LogP contribution < -0.4 is 0 Å². The normalized spacial score (nSPS) is 13.1. The minimum Gasteiger partial charge on any atom is -0.460 e. The fourth-order valence-electron chi connectivity index (χ4n) is 1.22. The summed E-state index contributed by atoms with van der Waals surface area (Å²) in [6.07, 6.45) is 0.670. The van der Waals surface area contributed by atoms with Crippen molar-refractivity contribution in [1.82, 2.24) is 4.90 Å². The lowest BCUT2D eigenvalue weighted by Crippen LogP contribution is -2.27. The highest BCUT2D eigenvalue weighted by molar-refractivity contribution is 5.77. The van der Waals surface area contributed by atoms with Crippen molar-refractivity contribution in [2.24, 2.45) is 5.92 Å². The number of carbonyl (C=O) groups is 2. The molecule has 0 aromatic rings. The number of carbonyl (C=O) groups excluding carboxylic acids is 2. The molecule has 0 aliphatic carbocycles. The van der Waals surface area contributed by atoms with E-state index in [0.717, 1.165) is 0 Å². The molecule has 0 spiro atoms. The highest BCUT2D eigenvalue weighted by atomic mass is 16.6. The molecule has 0 N–H and O–H groups in total. The number of rotatable bonds is 4. The van der Waals surface area contributed by atoms with Gasteiger partial charge in [-0.3, -0.25) is 9.59 Å². The van der Waals surface area contributed by atoms with E-state index in [-0.39, 0.29) is 24.2 Å². The highest BCUT2D eigenvalue weighted by Crippen LogP contribution is 2.14. The zero-order valence-corrected chi connectivity index (χ0v) is 11.2. The van der Waals surface area contributed by atoms with E-state index in [4.69, 9.17) is 4.74 Å². The molecule has 1 amide bonds. The van der Waals surface area contributed by atoms with Gasteiger partial charge in [0.15, 0.2) is 0 Å². The van der Waals surface area contributed by atoms with Gasteiger partial charge in [-0.1, -0.05) is 6.92 Å². The molecular formula is C12H23NO3. The van der Waals surface area contributed by atoms with Gasteiger partial charge in [0, 0.05) is 26.9 Å². The average Bonchev–Trinajstić information content (AvgIpc) is 1.98. The van der Waals surface area contributed by atoms with E-state index in [9.17, 15) is 9.59 Å². The van der Waals surface area contributed by atoms with Crippen molar-refractivity contribution in [3.05, 3.63) is 0 Å². The Morgan fingerprint density at radius 2 is 1.69 bits per heavy atom. The van der Waals surface area contributed by atoms with Crippen molar-refractivity contribution in [2.75, 3.05) is 14.1 Å². The zero-order valence-electron chi connectivity index (χ0n) is 11.2. The zero-order chi connectivity index (χ0) is 12.9. The van der Waals surface area contributed by atoms with Gasteiger partial charge < -0.3 is 9.64 Å². The van der Waals surface area contributed by atoms with E-state index < -0.39 is 5.60 Å². The maximum absolute atomic E-state index is 11.5. The van der Waals surface area contributed by atoms with E-state index in [1.54, 1.807) is 14.1 Å². The number of ether oxygens (including phenoxy) is 1. The third-order valence-electron chi connectivity index (χ3n) is 1.96. The molecule has 0 saturated carbocycles. The lowest BCUT2D eigenvalue weighted by Gasteiger charge is -2.21. The van der Waals surface area contributed by atoms with Crippen LogP contribution in [0.5, 0.6) is 0 Å². The molecule has 1 atom stereocenters. The molecule has 0 bridgehead atoms. The number of esters is 1. The molecule has 0 fully saturated rings. The van der Waals surface area contributed by atoms with E-state index in [2.05, 4.69) is 0 Å². The second kappa shape index (κ2) is 5.87. The Kier molecular flexibility index (Phi) is 5.48. The molecule has 0 heterocycles. The lowest BCUT2D eigenvalue weighted by molar-refractivity contribution is -0.155. The summed E-state index contributed by atoms with van der Waals surface area (Å²) in [5, 5.41) is 0. The van der Waals surface area contributed by atoms with Gasteiger partial charge in [0.1, 0.15) is 5.60 Å². The van der Waals surface area contributed by atoms with Crippen LogP contribution in [0, 0.1) is 5.92 Å². The van der Waals surface area contributed by atoms with Crippen molar-refractivity contribution in [3.8, 4) is 0 Å². The first-order valence-electron chi connectivity index (χ1n) is 5.54. The van der Waals surface area contributed by atoms with Crippen LogP contribution in [-0.4, -0.2) is 36.5 Å². The minimum atomic E-state index is -0.456. The second-order valence-corrected chi connectivity index (χ2v) is 5.39. The summed E-state index contributed by atoms with van der Waals surface area (Å²) in [6.45, 7) is 7.38. The minimum absolute atomic E-state index is 0.0183.